The Bertz CT molecular complexity index is 351. The van der Waals surface area contributed by atoms with Crippen LogP contribution in [0.2, 0.25) is 0 Å². The van der Waals surface area contributed by atoms with E-state index in [9.17, 15) is 0 Å². The molecule has 0 radical (unpaired) electrons. The van der Waals surface area contributed by atoms with Crippen molar-refractivity contribution in [1.82, 2.24) is 5.32 Å². The quantitative estimate of drug-likeness (QED) is 0.924. The van der Waals surface area contributed by atoms with Gasteiger partial charge in [0, 0.05) is 30.2 Å². The van der Waals surface area contributed by atoms with E-state index in [1.54, 1.807) is 7.11 Å². The number of ether oxygens (including phenoxy) is 2. The second-order valence-corrected chi connectivity index (χ2v) is 4.66. The molecule has 1 heterocycles. The predicted octanol–water partition coefficient (Wildman–Crippen LogP) is 2.26. The van der Waals surface area contributed by atoms with Crippen molar-refractivity contribution in [1.29, 1.82) is 0 Å². The maximum absolute atomic E-state index is 5.78. The van der Waals surface area contributed by atoms with Crippen LogP contribution in [0.15, 0.2) is 22.7 Å². The molecule has 1 N–H and O–H groups in total. The molecule has 0 spiro atoms. The molecule has 2 rings (SSSR count). The highest BCUT2D eigenvalue weighted by Gasteiger charge is 2.21. The van der Waals surface area contributed by atoms with E-state index in [1.807, 2.05) is 12.1 Å². The van der Waals surface area contributed by atoms with Crippen LogP contribution in [0.3, 0.4) is 0 Å². The van der Waals surface area contributed by atoms with Crippen molar-refractivity contribution in [3.05, 3.63) is 33.8 Å². The van der Waals surface area contributed by atoms with Crippen LogP contribution in [0.4, 0.5) is 0 Å². The van der Waals surface area contributed by atoms with Gasteiger partial charge in [-0.05, 0) is 11.6 Å². The van der Waals surface area contributed by atoms with E-state index in [1.165, 1.54) is 11.1 Å². The molecule has 3 nitrogen and oxygen atoms in total. The van der Waals surface area contributed by atoms with Gasteiger partial charge in [0.1, 0.15) is 0 Å². The molecule has 4 heteroatoms. The molecule has 1 aliphatic heterocycles. The van der Waals surface area contributed by atoms with Crippen molar-refractivity contribution in [3.8, 4) is 0 Å². The van der Waals surface area contributed by atoms with Gasteiger partial charge >= 0.3 is 0 Å². The van der Waals surface area contributed by atoms with E-state index in [-0.39, 0.29) is 6.10 Å². The summed E-state index contributed by atoms with van der Waals surface area (Å²) >= 11 is 3.59. The molecular formula is C12H16BrNO2. The van der Waals surface area contributed by atoms with Crippen molar-refractivity contribution < 1.29 is 9.47 Å². The third kappa shape index (κ3) is 2.63. The molecule has 1 aromatic carbocycles. The largest absolute Gasteiger partial charge is 0.380 e. The molecule has 1 atom stereocenters. The summed E-state index contributed by atoms with van der Waals surface area (Å²) in [5.41, 5.74) is 2.39. The average Bonchev–Trinajstić information content (AvgIpc) is 2.31. The van der Waals surface area contributed by atoms with Gasteiger partial charge < -0.3 is 14.8 Å². The fourth-order valence-electron chi connectivity index (χ4n) is 1.97. The van der Waals surface area contributed by atoms with Crippen molar-refractivity contribution in [2.75, 3.05) is 26.8 Å². The van der Waals surface area contributed by atoms with Crippen LogP contribution < -0.4 is 5.32 Å². The second-order valence-electron chi connectivity index (χ2n) is 3.81. The monoisotopic (exact) mass is 285 g/mol. The lowest BCUT2D eigenvalue weighted by Gasteiger charge is -2.26. The Morgan fingerprint density at radius 1 is 1.56 bits per heavy atom. The van der Waals surface area contributed by atoms with Gasteiger partial charge in [-0.2, -0.15) is 0 Å². The number of methoxy groups -OCH3 is 1. The fraction of sp³-hybridized carbons (Fsp3) is 0.500. The van der Waals surface area contributed by atoms with Gasteiger partial charge in [0.25, 0.3) is 0 Å². The normalized spacial score (nSPS) is 21.0. The zero-order valence-corrected chi connectivity index (χ0v) is 10.9. The number of hydrogen-bond acceptors (Lipinski definition) is 3. The molecule has 1 unspecified atom stereocenters. The third-order valence-electron chi connectivity index (χ3n) is 2.69. The summed E-state index contributed by atoms with van der Waals surface area (Å²) in [4.78, 5) is 0. The minimum Gasteiger partial charge on any atom is -0.380 e. The smallest absolute Gasteiger partial charge is 0.0964 e. The molecule has 0 bridgehead atoms. The zero-order valence-electron chi connectivity index (χ0n) is 9.33. The molecule has 1 aliphatic rings. The first-order valence-corrected chi connectivity index (χ1v) is 6.20. The first-order valence-electron chi connectivity index (χ1n) is 5.41. The van der Waals surface area contributed by atoms with Gasteiger partial charge in [0.05, 0.1) is 19.3 Å². The Balaban J connectivity index is 2.28. The van der Waals surface area contributed by atoms with Crippen LogP contribution in [0.25, 0.3) is 0 Å². The summed E-state index contributed by atoms with van der Waals surface area (Å²) in [7, 11) is 1.71. The predicted molar refractivity (Wildman–Crippen MR) is 66.4 cm³/mol. The summed E-state index contributed by atoms with van der Waals surface area (Å²) < 4.78 is 12.1. The molecule has 1 saturated heterocycles. The third-order valence-corrected chi connectivity index (χ3v) is 3.38. The number of rotatable bonds is 3. The lowest BCUT2D eigenvalue weighted by molar-refractivity contribution is 0.0256. The average molecular weight is 286 g/mol. The van der Waals surface area contributed by atoms with Gasteiger partial charge in [0.2, 0.25) is 0 Å². The number of hydrogen-bond donors (Lipinski definition) is 1. The molecule has 1 aromatic rings. The number of benzene rings is 1. The minimum absolute atomic E-state index is 0.120. The van der Waals surface area contributed by atoms with Crippen molar-refractivity contribution in [2.24, 2.45) is 0 Å². The highest BCUT2D eigenvalue weighted by atomic mass is 79.9. The first-order chi connectivity index (χ1) is 7.83. The minimum atomic E-state index is 0.120. The highest BCUT2D eigenvalue weighted by Crippen LogP contribution is 2.30. The molecular weight excluding hydrogens is 270 g/mol. The topological polar surface area (TPSA) is 30.5 Å². The standard InChI is InChI=1S/C12H16BrNO2/c1-15-8-9-3-2-4-10(13)12(9)11-7-14-5-6-16-11/h2-4,11,14H,5-8H2,1H3. The highest BCUT2D eigenvalue weighted by molar-refractivity contribution is 9.10. The van der Waals surface area contributed by atoms with E-state index in [4.69, 9.17) is 9.47 Å². The van der Waals surface area contributed by atoms with Crippen LogP contribution in [-0.4, -0.2) is 26.8 Å². The Morgan fingerprint density at radius 3 is 3.12 bits per heavy atom. The molecule has 0 amide bonds. The second kappa shape index (κ2) is 5.77. The van der Waals surface area contributed by atoms with Crippen molar-refractivity contribution in [3.63, 3.8) is 0 Å². The lowest BCUT2D eigenvalue weighted by Crippen LogP contribution is -2.34. The van der Waals surface area contributed by atoms with Gasteiger partial charge in [-0.3, -0.25) is 0 Å². The Labute approximate surface area is 104 Å². The lowest BCUT2D eigenvalue weighted by atomic mass is 10.0. The van der Waals surface area contributed by atoms with Crippen LogP contribution >= 0.6 is 15.9 Å². The van der Waals surface area contributed by atoms with Gasteiger partial charge in [-0.15, -0.1) is 0 Å². The summed E-state index contributed by atoms with van der Waals surface area (Å²) in [6.45, 7) is 3.17. The molecule has 16 heavy (non-hydrogen) atoms. The van der Waals surface area contributed by atoms with E-state index in [0.29, 0.717) is 6.61 Å². The summed E-state index contributed by atoms with van der Waals surface area (Å²) in [6, 6.07) is 6.16. The molecule has 0 aliphatic carbocycles. The Hall–Kier alpha value is -0.420. The molecule has 0 aromatic heterocycles. The summed E-state index contributed by atoms with van der Waals surface area (Å²) in [5, 5.41) is 3.34. The van der Waals surface area contributed by atoms with Crippen LogP contribution in [0.1, 0.15) is 17.2 Å². The molecule has 1 fully saturated rings. The molecule has 88 valence electrons. The van der Waals surface area contributed by atoms with Gasteiger partial charge in [-0.1, -0.05) is 28.1 Å². The zero-order chi connectivity index (χ0) is 11.4. The van der Waals surface area contributed by atoms with Gasteiger partial charge in [-0.25, -0.2) is 0 Å². The van der Waals surface area contributed by atoms with Crippen LogP contribution in [0, 0.1) is 0 Å². The van der Waals surface area contributed by atoms with Crippen molar-refractivity contribution in [2.45, 2.75) is 12.7 Å². The fourth-order valence-corrected chi connectivity index (χ4v) is 2.64. The Morgan fingerprint density at radius 2 is 2.44 bits per heavy atom. The van der Waals surface area contributed by atoms with E-state index >= 15 is 0 Å². The summed E-state index contributed by atoms with van der Waals surface area (Å²) in [5.74, 6) is 0. The SMILES string of the molecule is COCc1cccc(Br)c1C1CNCCO1. The van der Waals surface area contributed by atoms with E-state index < -0.39 is 0 Å². The van der Waals surface area contributed by atoms with E-state index in [2.05, 4.69) is 27.3 Å². The van der Waals surface area contributed by atoms with Crippen molar-refractivity contribution >= 4 is 15.9 Å². The maximum Gasteiger partial charge on any atom is 0.0964 e. The number of nitrogens with one attached hydrogen (secondary N) is 1. The van der Waals surface area contributed by atoms with Crippen LogP contribution in [0.5, 0.6) is 0 Å². The molecule has 0 saturated carbocycles. The number of morpholine rings is 1. The summed E-state index contributed by atoms with van der Waals surface area (Å²) in [6.07, 6.45) is 0.120. The van der Waals surface area contributed by atoms with E-state index in [0.717, 1.165) is 24.2 Å². The van der Waals surface area contributed by atoms with Gasteiger partial charge in [0.15, 0.2) is 0 Å². The number of halogens is 1. The first kappa shape index (κ1) is 12.0. The Kier molecular flexibility index (Phi) is 4.35. The maximum atomic E-state index is 5.78. The van der Waals surface area contributed by atoms with Crippen LogP contribution in [-0.2, 0) is 16.1 Å².